The molecule has 0 spiro atoms. The Morgan fingerprint density at radius 2 is 2.50 bits per heavy atom. The van der Waals surface area contributed by atoms with Crippen LogP contribution in [0.4, 0.5) is 0 Å². The Morgan fingerprint density at radius 1 is 1.71 bits per heavy atom. The molecule has 0 bridgehead atoms. The van der Waals surface area contributed by atoms with Gasteiger partial charge in [0, 0.05) is 11.1 Å². The summed E-state index contributed by atoms with van der Waals surface area (Å²) >= 11 is 1.56. The van der Waals surface area contributed by atoms with Crippen LogP contribution in [0, 0.1) is 6.92 Å². The highest BCUT2D eigenvalue weighted by molar-refractivity contribution is 7.15. The van der Waals surface area contributed by atoms with E-state index >= 15 is 0 Å². The number of hydrogen-bond acceptors (Lipinski definition) is 4. The van der Waals surface area contributed by atoms with Crippen LogP contribution in [0.5, 0.6) is 0 Å². The fourth-order valence-electron chi connectivity index (χ4n) is 1.30. The van der Waals surface area contributed by atoms with E-state index in [9.17, 15) is 4.79 Å². The second kappa shape index (κ2) is 3.42. The average molecular weight is 210 g/mol. The third-order valence-electron chi connectivity index (χ3n) is 1.89. The number of ether oxygens (including phenoxy) is 1. The van der Waals surface area contributed by atoms with Gasteiger partial charge in [-0.1, -0.05) is 0 Å². The molecule has 2 aromatic rings. The zero-order valence-electron chi connectivity index (χ0n) is 7.98. The predicted octanol–water partition coefficient (Wildman–Crippen LogP) is 1.88. The van der Waals surface area contributed by atoms with Crippen LogP contribution in [0.3, 0.4) is 0 Å². The minimum atomic E-state index is -0.367. The molecule has 14 heavy (non-hydrogen) atoms. The van der Waals surface area contributed by atoms with Crippen molar-refractivity contribution in [2.24, 2.45) is 0 Å². The van der Waals surface area contributed by atoms with Crippen molar-refractivity contribution < 1.29 is 9.53 Å². The van der Waals surface area contributed by atoms with Crippen LogP contribution in [0.25, 0.3) is 4.83 Å². The third kappa shape index (κ3) is 1.29. The van der Waals surface area contributed by atoms with Crippen molar-refractivity contribution in [3.8, 4) is 0 Å². The molecule has 0 unspecified atom stereocenters. The molecular weight excluding hydrogens is 200 g/mol. The van der Waals surface area contributed by atoms with E-state index in [1.54, 1.807) is 24.5 Å². The van der Waals surface area contributed by atoms with Crippen LogP contribution in [-0.2, 0) is 4.74 Å². The Balaban J connectivity index is 2.51. The number of imidazole rings is 1. The van der Waals surface area contributed by atoms with E-state index in [4.69, 9.17) is 4.74 Å². The van der Waals surface area contributed by atoms with Crippen molar-refractivity contribution in [1.82, 2.24) is 9.38 Å². The molecule has 0 aliphatic carbocycles. The van der Waals surface area contributed by atoms with Crippen LogP contribution >= 0.6 is 11.3 Å². The van der Waals surface area contributed by atoms with Gasteiger partial charge in [0.15, 0.2) is 0 Å². The number of fused-ring (bicyclic) bond motifs is 1. The van der Waals surface area contributed by atoms with Crippen LogP contribution in [0.15, 0.2) is 11.6 Å². The van der Waals surface area contributed by atoms with Gasteiger partial charge in [0.2, 0.25) is 5.82 Å². The third-order valence-corrected chi connectivity index (χ3v) is 2.88. The monoisotopic (exact) mass is 210 g/mol. The van der Waals surface area contributed by atoms with Gasteiger partial charge in [-0.2, -0.15) is 0 Å². The number of hydrogen-bond donors (Lipinski definition) is 0. The lowest BCUT2D eigenvalue weighted by Crippen LogP contribution is -2.09. The van der Waals surface area contributed by atoms with Crippen molar-refractivity contribution in [3.63, 3.8) is 0 Å². The molecule has 0 amide bonds. The van der Waals surface area contributed by atoms with Gasteiger partial charge in [-0.3, -0.25) is 4.40 Å². The molecule has 5 heteroatoms. The molecule has 0 saturated heterocycles. The highest BCUT2D eigenvalue weighted by Gasteiger charge is 2.15. The minimum absolute atomic E-state index is 0.362. The van der Waals surface area contributed by atoms with E-state index in [-0.39, 0.29) is 5.97 Å². The number of rotatable bonds is 2. The van der Waals surface area contributed by atoms with Gasteiger partial charge in [0.1, 0.15) is 4.83 Å². The first kappa shape index (κ1) is 9.21. The van der Waals surface area contributed by atoms with Gasteiger partial charge in [-0.15, -0.1) is 11.3 Å². The van der Waals surface area contributed by atoms with Gasteiger partial charge in [-0.25, -0.2) is 9.78 Å². The number of thiazole rings is 1. The topological polar surface area (TPSA) is 43.6 Å². The van der Waals surface area contributed by atoms with Crippen molar-refractivity contribution in [3.05, 3.63) is 23.1 Å². The quantitative estimate of drug-likeness (QED) is 0.711. The second-order valence-corrected chi connectivity index (χ2v) is 3.74. The Bertz CT molecular complexity index is 472. The van der Waals surface area contributed by atoms with Gasteiger partial charge >= 0.3 is 5.97 Å². The number of nitrogens with zero attached hydrogens (tertiary/aromatic N) is 2. The van der Waals surface area contributed by atoms with Crippen LogP contribution in [0.2, 0.25) is 0 Å². The van der Waals surface area contributed by atoms with E-state index in [1.165, 1.54) is 0 Å². The zero-order chi connectivity index (χ0) is 10.1. The summed E-state index contributed by atoms with van der Waals surface area (Å²) in [6, 6.07) is 0. The minimum Gasteiger partial charge on any atom is -0.460 e. The Labute approximate surface area is 85.1 Å². The highest BCUT2D eigenvalue weighted by Crippen LogP contribution is 2.18. The molecule has 0 atom stereocenters. The lowest BCUT2D eigenvalue weighted by atomic mass is 10.5. The molecule has 2 aromatic heterocycles. The SMILES string of the molecule is CCOC(=O)c1ncc2scc(C)n12. The number of aromatic nitrogens is 2. The number of carbonyl (C=O) groups excluding carboxylic acids is 1. The normalized spacial score (nSPS) is 10.7. The Morgan fingerprint density at radius 3 is 3.21 bits per heavy atom. The maximum absolute atomic E-state index is 11.5. The van der Waals surface area contributed by atoms with Crippen molar-refractivity contribution in [1.29, 1.82) is 0 Å². The molecule has 2 heterocycles. The van der Waals surface area contributed by atoms with Crippen LogP contribution in [-0.4, -0.2) is 22.0 Å². The maximum atomic E-state index is 11.5. The first-order valence-electron chi connectivity index (χ1n) is 4.32. The average Bonchev–Trinajstić information content (AvgIpc) is 2.70. The molecule has 0 fully saturated rings. The molecule has 0 aromatic carbocycles. The highest BCUT2D eigenvalue weighted by atomic mass is 32.1. The summed E-state index contributed by atoms with van der Waals surface area (Å²) in [6.07, 6.45) is 1.68. The summed E-state index contributed by atoms with van der Waals surface area (Å²) < 4.78 is 6.71. The van der Waals surface area contributed by atoms with Gasteiger partial charge in [0.25, 0.3) is 0 Å². The molecule has 0 N–H and O–H groups in total. The van der Waals surface area contributed by atoms with E-state index < -0.39 is 0 Å². The maximum Gasteiger partial charge on any atom is 0.374 e. The van der Waals surface area contributed by atoms with E-state index in [1.807, 2.05) is 16.7 Å². The molecule has 74 valence electrons. The Hall–Kier alpha value is -1.36. The molecule has 2 rings (SSSR count). The molecule has 0 radical (unpaired) electrons. The summed E-state index contributed by atoms with van der Waals surface area (Å²) in [5.41, 5.74) is 1.01. The fourth-order valence-corrected chi connectivity index (χ4v) is 2.14. The molecule has 0 aliphatic rings. The molecular formula is C9H10N2O2S. The standard InChI is InChI=1S/C9H10N2O2S/c1-3-13-9(12)8-10-4-7-11(8)6(2)5-14-7/h4-5H,3H2,1-2H3. The second-order valence-electron chi connectivity index (χ2n) is 2.85. The first-order valence-corrected chi connectivity index (χ1v) is 5.20. The van der Waals surface area contributed by atoms with E-state index in [0.29, 0.717) is 12.4 Å². The predicted molar refractivity (Wildman–Crippen MR) is 53.8 cm³/mol. The van der Waals surface area contributed by atoms with E-state index in [2.05, 4.69) is 4.98 Å². The van der Waals surface area contributed by atoms with Crippen LogP contribution in [0.1, 0.15) is 23.2 Å². The number of carbonyl (C=O) groups is 1. The van der Waals surface area contributed by atoms with Gasteiger partial charge < -0.3 is 4.74 Å². The summed E-state index contributed by atoms with van der Waals surface area (Å²) in [5.74, 6) is -0.00500. The summed E-state index contributed by atoms with van der Waals surface area (Å²) in [6.45, 7) is 4.09. The molecule has 0 saturated carbocycles. The lowest BCUT2D eigenvalue weighted by molar-refractivity contribution is 0.0511. The first-order chi connectivity index (χ1) is 6.74. The smallest absolute Gasteiger partial charge is 0.374 e. The van der Waals surface area contributed by atoms with Crippen molar-refractivity contribution in [2.75, 3.05) is 6.61 Å². The number of esters is 1. The Kier molecular flexibility index (Phi) is 2.25. The van der Waals surface area contributed by atoms with Crippen molar-refractivity contribution in [2.45, 2.75) is 13.8 Å². The molecule has 4 nitrogen and oxygen atoms in total. The van der Waals surface area contributed by atoms with Crippen molar-refractivity contribution >= 4 is 22.1 Å². The van der Waals surface area contributed by atoms with E-state index in [0.717, 1.165) is 10.5 Å². The summed E-state index contributed by atoms with van der Waals surface area (Å²) in [7, 11) is 0. The molecule has 0 aliphatic heterocycles. The van der Waals surface area contributed by atoms with Crippen LogP contribution < -0.4 is 0 Å². The largest absolute Gasteiger partial charge is 0.460 e. The fraction of sp³-hybridized carbons (Fsp3) is 0.333. The van der Waals surface area contributed by atoms with Gasteiger partial charge in [0.05, 0.1) is 12.8 Å². The zero-order valence-corrected chi connectivity index (χ0v) is 8.80. The lowest BCUT2D eigenvalue weighted by Gasteiger charge is -1.99. The number of aryl methyl sites for hydroxylation is 1. The summed E-state index contributed by atoms with van der Waals surface area (Å²) in [5, 5.41) is 1.99. The summed E-state index contributed by atoms with van der Waals surface area (Å²) in [4.78, 5) is 16.5. The van der Waals surface area contributed by atoms with Gasteiger partial charge in [-0.05, 0) is 13.8 Å².